The van der Waals surface area contributed by atoms with Gasteiger partial charge in [-0.05, 0) is 67.9 Å². The van der Waals surface area contributed by atoms with E-state index >= 15 is 4.39 Å². The summed E-state index contributed by atoms with van der Waals surface area (Å²) in [7, 11) is 3.40. The number of alkyl halides is 1. The Balaban J connectivity index is 2.31. The van der Waals surface area contributed by atoms with Gasteiger partial charge in [0, 0.05) is 70.1 Å². The first-order chi connectivity index (χ1) is 28.6. The predicted octanol–water partition coefficient (Wildman–Crippen LogP) is 4.47. The van der Waals surface area contributed by atoms with Crippen molar-refractivity contribution in [3.8, 4) is 12.3 Å². The van der Waals surface area contributed by atoms with Gasteiger partial charge in [0.25, 0.3) is 0 Å². The highest BCUT2D eigenvalue weighted by molar-refractivity contribution is 5.89. The topological polar surface area (TPSA) is 201 Å². The smallest absolute Gasteiger partial charge is 0.346 e. The van der Waals surface area contributed by atoms with Crippen LogP contribution >= 0.6 is 0 Å². The predicted molar refractivity (Wildman–Crippen MR) is 226 cm³/mol. The van der Waals surface area contributed by atoms with Crippen LogP contribution in [-0.4, -0.2) is 148 Å². The van der Waals surface area contributed by atoms with Crippen LogP contribution in [0.4, 0.5) is 4.39 Å². The Labute approximate surface area is 367 Å². The number of esters is 2. The molecule has 0 saturated carbocycles. The SMILES string of the molecule is C#CCCN(C)[C@H]1C[C@@H](C)OC(O[C@@H]2[C@@H](C)[C@H](OC3C[C@@](C)(OC)[C@@H](OC(C)=O)[C@H](C)O3)[C@](C)(F)C(=O)O[C@H](CC)[C@@](C)(O)[C@H](O)[C@@H](C)/C(=N/OC(C)=O)[C@H](C)C[C@@]2(C)O)[C@@H]1C. The van der Waals surface area contributed by atoms with Crippen LogP contribution in [0.25, 0.3) is 0 Å². The molecule has 0 spiro atoms. The molecule has 3 saturated heterocycles. The van der Waals surface area contributed by atoms with Crippen LogP contribution in [0.5, 0.6) is 0 Å². The van der Waals surface area contributed by atoms with Crippen molar-refractivity contribution in [2.45, 2.75) is 206 Å². The first kappa shape index (κ1) is 53.5. The Hall–Kier alpha value is -2.79. The third kappa shape index (κ3) is 12.3. The average Bonchev–Trinajstić information content (AvgIpc) is 3.17. The number of hydrogen-bond donors (Lipinski definition) is 3. The first-order valence-electron chi connectivity index (χ1n) is 21.8. The quantitative estimate of drug-likeness (QED) is 0.114. The second kappa shape index (κ2) is 21.5. The molecule has 0 bridgehead atoms. The molecule has 356 valence electrons. The molecule has 0 aromatic heterocycles. The van der Waals surface area contributed by atoms with Crippen LogP contribution in [0.15, 0.2) is 5.16 Å². The highest BCUT2D eigenvalue weighted by atomic mass is 19.1. The fraction of sp³-hybridized carbons (Fsp3) is 0.867. The molecule has 17 heteroatoms. The molecule has 0 radical (unpaired) electrons. The zero-order chi connectivity index (χ0) is 47.3. The van der Waals surface area contributed by atoms with Crippen LogP contribution in [0.2, 0.25) is 0 Å². The van der Waals surface area contributed by atoms with Gasteiger partial charge >= 0.3 is 17.9 Å². The second-order valence-electron chi connectivity index (χ2n) is 18.8. The summed E-state index contributed by atoms with van der Waals surface area (Å²) in [6.45, 7) is 20.4. The van der Waals surface area contributed by atoms with Gasteiger partial charge in [-0.2, -0.15) is 0 Å². The van der Waals surface area contributed by atoms with Gasteiger partial charge in [0.1, 0.15) is 23.4 Å². The van der Waals surface area contributed by atoms with E-state index in [1.54, 1.807) is 41.5 Å². The number of methoxy groups -OCH3 is 1. The van der Waals surface area contributed by atoms with Gasteiger partial charge in [-0.15, -0.1) is 12.3 Å². The van der Waals surface area contributed by atoms with Crippen molar-refractivity contribution in [3.05, 3.63) is 0 Å². The lowest BCUT2D eigenvalue weighted by Crippen LogP contribution is -2.63. The van der Waals surface area contributed by atoms with Crippen LogP contribution in [0.3, 0.4) is 0 Å². The monoisotopic (exact) mass is 887 g/mol. The molecule has 0 aromatic carbocycles. The zero-order valence-electron chi connectivity index (χ0n) is 39.5. The van der Waals surface area contributed by atoms with Crippen molar-refractivity contribution >= 4 is 23.6 Å². The van der Waals surface area contributed by atoms with Crippen molar-refractivity contribution in [2.75, 3.05) is 20.7 Å². The number of carbonyl (C=O) groups excluding carboxylic acids is 3. The Morgan fingerprint density at radius 2 is 1.60 bits per heavy atom. The highest BCUT2D eigenvalue weighted by Crippen LogP contribution is 2.43. The molecular weight excluding hydrogens is 811 g/mol. The van der Waals surface area contributed by atoms with E-state index in [4.69, 9.17) is 44.4 Å². The van der Waals surface area contributed by atoms with E-state index in [-0.39, 0.29) is 43.0 Å². The molecule has 0 amide bonds. The van der Waals surface area contributed by atoms with Gasteiger partial charge in [-0.3, -0.25) is 4.79 Å². The highest BCUT2D eigenvalue weighted by Gasteiger charge is 2.58. The van der Waals surface area contributed by atoms with E-state index in [9.17, 15) is 29.7 Å². The molecule has 2 unspecified atom stereocenters. The Morgan fingerprint density at radius 1 is 0.968 bits per heavy atom. The number of cyclic esters (lactones) is 1. The summed E-state index contributed by atoms with van der Waals surface area (Å²) in [6, 6.07) is -0.0687. The molecule has 18 atom stereocenters. The van der Waals surface area contributed by atoms with Gasteiger partial charge < -0.3 is 58.2 Å². The molecule has 3 aliphatic rings. The molecule has 3 fully saturated rings. The fourth-order valence-corrected chi connectivity index (χ4v) is 9.73. The summed E-state index contributed by atoms with van der Waals surface area (Å²) < 4.78 is 61.5. The number of halogens is 1. The van der Waals surface area contributed by atoms with E-state index in [0.29, 0.717) is 19.4 Å². The number of rotatable bonds is 11. The molecule has 0 aromatic rings. The first-order valence-corrected chi connectivity index (χ1v) is 21.8. The molecular formula is C45H75FN2O14. The van der Waals surface area contributed by atoms with Crippen molar-refractivity contribution in [3.63, 3.8) is 0 Å². The van der Waals surface area contributed by atoms with Gasteiger partial charge in [-0.25, -0.2) is 14.0 Å². The minimum atomic E-state index is -3.04. The summed E-state index contributed by atoms with van der Waals surface area (Å²) in [5, 5.41) is 40.7. The minimum Gasteiger partial charge on any atom is -0.457 e. The van der Waals surface area contributed by atoms with Crippen LogP contribution in [0, 0.1) is 36.0 Å². The average molecular weight is 887 g/mol. The summed E-state index contributed by atoms with van der Waals surface area (Å²) in [5.74, 6) is -3.42. The Morgan fingerprint density at radius 3 is 2.15 bits per heavy atom. The number of nitrogens with zero attached hydrogens (tertiary/aromatic N) is 2. The number of carbonyl (C=O) groups is 3. The molecule has 3 aliphatic heterocycles. The Bertz CT molecular complexity index is 1600. The standard InChI is InChI=1S/C45H75FN2O14/c1-17-19-20-48(15)32-21-25(4)56-40(26(32)5)61-37-28(7)38(60-34-23-43(12,55-16)39(29(8)57-34)58-30(9)49)44(13,46)41(52)59-33(18-2)45(14,54)36(51)27(6)35(47-62-31(10)50)24(3)22-42(37,11)53/h1,24-29,32-34,36-40,51,53-54H,18-23H2,2-16H3/b47-35+/t24-,25-,26-,27+,28-,29+,32+,33-,34?,36-,37-,38+,39+,40?,42-,43-,44+,45-/m1/s1. The maximum atomic E-state index is 18.0. The largest absolute Gasteiger partial charge is 0.457 e. The van der Waals surface area contributed by atoms with E-state index < -0.39 is 107 Å². The van der Waals surface area contributed by atoms with Crippen molar-refractivity contribution < 1.29 is 72.1 Å². The molecule has 3 rings (SSSR count). The molecule has 0 aliphatic carbocycles. The molecule has 62 heavy (non-hydrogen) atoms. The molecule has 3 N–H and O–H groups in total. The van der Waals surface area contributed by atoms with Gasteiger partial charge in [0.15, 0.2) is 18.7 Å². The maximum absolute atomic E-state index is 18.0. The minimum absolute atomic E-state index is 0.0505. The number of aliphatic hydroxyl groups is 3. The van der Waals surface area contributed by atoms with Crippen LogP contribution in [0.1, 0.15) is 122 Å². The van der Waals surface area contributed by atoms with E-state index in [1.165, 1.54) is 27.9 Å². The van der Waals surface area contributed by atoms with E-state index in [1.807, 2.05) is 20.9 Å². The summed E-state index contributed by atoms with van der Waals surface area (Å²) in [5.41, 5.74) is -8.25. The molecule has 3 heterocycles. The zero-order valence-corrected chi connectivity index (χ0v) is 39.5. The van der Waals surface area contributed by atoms with Crippen molar-refractivity contribution in [2.24, 2.45) is 28.8 Å². The van der Waals surface area contributed by atoms with Crippen LogP contribution < -0.4 is 0 Å². The van der Waals surface area contributed by atoms with E-state index in [2.05, 4.69) is 16.0 Å². The summed E-state index contributed by atoms with van der Waals surface area (Å²) >= 11 is 0. The molecule has 16 nitrogen and oxygen atoms in total. The summed E-state index contributed by atoms with van der Waals surface area (Å²) in [4.78, 5) is 45.8. The second-order valence-corrected chi connectivity index (χ2v) is 18.8. The van der Waals surface area contributed by atoms with Gasteiger partial charge in [0.05, 0.1) is 35.7 Å². The Kier molecular flexibility index (Phi) is 18.5. The number of hydrogen-bond acceptors (Lipinski definition) is 16. The third-order valence-corrected chi connectivity index (χ3v) is 13.3. The van der Waals surface area contributed by atoms with Gasteiger partial charge in [0.2, 0.25) is 5.67 Å². The normalized spacial score (nSPS) is 44.5. The maximum Gasteiger partial charge on any atom is 0.346 e. The lowest BCUT2D eigenvalue weighted by Gasteiger charge is -2.50. The summed E-state index contributed by atoms with van der Waals surface area (Å²) in [6.07, 6.45) is -4.15. The number of oxime groups is 1. The fourth-order valence-electron chi connectivity index (χ4n) is 9.73. The van der Waals surface area contributed by atoms with Crippen LogP contribution in [-0.2, 0) is 52.4 Å². The van der Waals surface area contributed by atoms with E-state index in [0.717, 1.165) is 13.8 Å². The van der Waals surface area contributed by atoms with Gasteiger partial charge in [-0.1, -0.05) is 39.8 Å². The lowest BCUT2D eigenvalue weighted by atomic mass is 9.73. The van der Waals surface area contributed by atoms with Crippen molar-refractivity contribution in [1.82, 2.24) is 4.90 Å². The lowest BCUT2D eigenvalue weighted by molar-refractivity contribution is -0.319. The number of ether oxygens (including phenoxy) is 7. The van der Waals surface area contributed by atoms with Crippen molar-refractivity contribution in [1.29, 1.82) is 0 Å². The number of terminal acetylenes is 1. The number of aliphatic hydroxyl groups excluding tert-OH is 1. The third-order valence-electron chi connectivity index (χ3n) is 13.3.